The smallest absolute Gasteiger partial charge is 0.166 e. The minimum atomic E-state index is -0.201. The van der Waals surface area contributed by atoms with Gasteiger partial charge in [-0.3, -0.25) is 4.79 Å². The lowest BCUT2D eigenvalue weighted by molar-refractivity contribution is 0.0932. The molecule has 0 aliphatic carbocycles. The second-order valence-electron chi connectivity index (χ2n) is 2.99. The minimum absolute atomic E-state index is 0.0437. The molecule has 0 aliphatic heterocycles. The minimum Gasteiger partial charge on any atom is -0.294 e. The van der Waals surface area contributed by atoms with E-state index in [1.54, 1.807) is 19.1 Å². The Kier molecular flexibility index (Phi) is 3.22. The van der Waals surface area contributed by atoms with E-state index in [2.05, 4.69) is 0 Å². The first-order valence-electron chi connectivity index (χ1n) is 4.22. The van der Waals surface area contributed by atoms with Gasteiger partial charge in [-0.05, 0) is 0 Å². The van der Waals surface area contributed by atoms with Crippen LogP contribution in [0.1, 0.15) is 23.7 Å². The van der Waals surface area contributed by atoms with Crippen molar-refractivity contribution in [2.24, 2.45) is 5.92 Å². The molecule has 0 N–H and O–H groups in total. The van der Waals surface area contributed by atoms with Gasteiger partial charge in [0.05, 0.1) is 6.07 Å². The number of ketones is 1. The van der Waals surface area contributed by atoms with Crippen molar-refractivity contribution in [2.45, 2.75) is 13.3 Å². The molecular formula is C11H11NO. The van der Waals surface area contributed by atoms with Gasteiger partial charge in [0.15, 0.2) is 5.78 Å². The lowest BCUT2D eigenvalue weighted by atomic mass is 9.97. The van der Waals surface area contributed by atoms with Crippen molar-refractivity contribution in [1.29, 1.82) is 5.26 Å². The summed E-state index contributed by atoms with van der Waals surface area (Å²) in [5.41, 5.74) is 0.685. The molecule has 0 bridgehead atoms. The molecule has 0 aromatic heterocycles. The van der Waals surface area contributed by atoms with E-state index in [-0.39, 0.29) is 18.1 Å². The van der Waals surface area contributed by atoms with Crippen LogP contribution in [0.2, 0.25) is 0 Å². The average Bonchev–Trinajstić information content (AvgIpc) is 2.18. The summed E-state index contributed by atoms with van der Waals surface area (Å²) < 4.78 is 0. The molecule has 1 aromatic carbocycles. The van der Waals surface area contributed by atoms with E-state index in [4.69, 9.17) is 5.26 Å². The predicted octanol–water partition coefficient (Wildman–Crippen LogP) is 2.42. The molecule has 0 fully saturated rings. The molecule has 0 radical (unpaired) electrons. The molecule has 0 saturated heterocycles. The van der Waals surface area contributed by atoms with E-state index >= 15 is 0 Å². The average molecular weight is 173 g/mol. The second-order valence-corrected chi connectivity index (χ2v) is 2.99. The Morgan fingerprint density at radius 2 is 2.08 bits per heavy atom. The van der Waals surface area contributed by atoms with Crippen molar-refractivity contribution >= 4 is 5.78 Å². The number of hydrogen-bond donors (Lipinski definition) is 0. The number of Topliss-reactive ketones (excluding diaryl/α,β-unsaturated/α-hetero) is 1. The molecule has 0 spiro atoms. The molecule has 0 unspecified atom stereocenters. The highest BCUT2D eigenvalue weighted by Crippen LogP contribution is 2.10. The number of nitrogens with zero attached hydrogens (tertiary/aromatic N) is 1. The number of rotatable bonds is 3. The molecule has 1 atom stereocenters. The maximum atomic E-state index is 11.6. The molecule has 0 heterocycles. The Hall–Kier alpha value is -1.62. The Morgan fingerprint density at radius 3 is 2.62 bits per heavy atom. The Morgan fingerprint density at radius 1 is 1.46 bits per heavy atom. The van der Waals surface area contributed by atoms with Crippen LogP contribution in [0.15, 0.2) is 30.3 Å². The topological polar surface area (TPSA) is 40.9 Å². The maximum absolute atomic E-state index is 11.6. The zero-order valence-electron chi connectivity index (χ0n) is 7.53. The van der Waals surface area contributed by atoms with Crippen LogP contribution < -0.4 is 0 Å². The molecule has 0 aliphatic rings. The van der Waals surface area contributed by atoms with Gasteiger partial charge < -0.3 is 0 Å². The molecule has 66 valence electrons. The monoisotopic (exact) mass is 173 g/mol. The Labute approximate surface area is 77.8 Å². The van der Waals surface area contributed by atoms with Crippen molar-refractivity contribution in [1.82, 2.24) is 0 Å². The van der Waals surface area contributed by atoms with E-state index < -0.39 is 0 Å². The van der Waals surface area contributed by atoms with Gasteiger partial charge in [-0.1, -0.05) is 37.3 Å². The highest BCUT2D eigenvalue weighted by atomic mass is 16.1. The van der Waals surface area contributed by atoms with Gasteiger partial charge in [0, 0.05) is 17.9 Å². The van der Waals surface area contributed by atoms with Crippen molar-refractivity contribution in [3.05, 3.63) is 35.9 Å². The van der Waals surface area contributed by atoms with Crippen molar-refractivity contribution in [3.63, 3.8) is 0 Å². The summed E-state index contributed by atoms with van der Waals surface area (Å²) in [4.78, 5) is 11.6. The Bertz CT molecular complexity index is 324. The van der Waals surface area contributed by atoms with Crippen molar-refractivity contribution in [2.75, 3.05) is 0 Å². The lowest BCUT2D eigenvalue weighted by Crippen LogP contribution is -2.10. The molecule has 2 nitrogen and oxygen atoms in total. The quantitative estimate of drug-likeness (QED) is 0.658. The van der Waals surface area contributed by atoms with E-state index in [1.807, 2.05) is 24.3 Å². The molecule has 1 aromatic rings. The normalized spacial score (nSPS) is 11.7. The molecule has 13 heavy (non-hydrogen) atoms. The van der Waals surface area contributed by atoms with Gasteiger partial charge >= 0.3 is 0 Å². The highest BCUT2D eigenvalue weighted by molar-refractivity contribution is 5.97. The summed E-state index contributed by atoms with van der Waals surface area (Å²) in [6, 6.07) is 11.1. The largest absolute Gasteiger partial charge is 0.294 e. The first kappa shape index (κ1) is 9.47. The summed E-state index contributed by atoms with van der Waals surface area (Å²) in [6.45, 7) is 1.78. The summed E-state index contributed by atoms with van der Waals surface area (Å²) in [6.07, 6.45) is 0.285. The molecule has 1 rings (SSSR count). The Balaban J connectivity index is 2.75. The van der Waals surface area contributed by atoms with Crippen molar-refractivity contribution in [3.8, 4) is 6.07 Å². The van der Waals surface area contributed by atoms with Crippen LogP contribution in [0.3, 0.4) is 0 Å². The van der Waals surface area contributed by atoms with Crippen LogP contribution in [0.25, 0.3) is 0 Å². The fraction of sp³-hybridized carbons (Fsp3) is 0.273. The summed E-state index contributed by atoms with van der Waals surface area (Å²) in [5, 5.41) is 8.43. The van der Waals surface area contributed by atoms with Crippen LogP contribution in [0.4, 0.5) is 0 Å². The second kappa shape index (κ2) is 4.42. The number of hydrogen-bond acceptors (Lipinski definition) is 2. The molecule has 0 amide bonds. The first-order chi connectivity index (χ1) is 6.25. The van der Waals surface area contributed by atoms with E-state index in [0.717, 1.165) is 0 Å². The summed E-state index contributed by atoms with van der Waals surface area (Å²) in [7, 11) is 0. The summed E-state index contributed by atoms with van der Waals surface area (Å²) >= 11 is 0. The lowest BCUT2D eigenvalue weighted by Gasteiger charge is -2.04. The van der Waals surface area contributed by atoms with Crippen molar-refractivity contribution < 1.29 is 4.79 Å². The molecule has 2 heteroatoms. The fourth-order valence-corrected chi connectivity index (χ4v) is 1.12. The summed E-state index contributed by atoms with van der Waals surface area (Å²) in [5.74, 6) is -0.158. The van der Waals surface area contributed by atoms with Crippen LogP contribution >= 0.6 is 0 Å². The number of nitriles is 1. The highest BCUT2D eigenvalue weighted by Gasteiger charge is 2.13. The molecule has 0 saturated carbocycles. The van der Waals surface area contributed by atoms with Gasteiger partial charge in [0.25, 0.3) is 0 Å². The SMILES string of the molecule is C[C@H](CC#N)C(=O)c1ccccc1. The van der Waals surface area contributed by atoms with Gasteiger partial charge in [0.1, 0.15) is 0 Å². The van der Waals surface area contributed by atoms with Gasteiger partial charge in [-0.25, -0.2) is 0 Å². The third kappa shape index (κ3) is 2.41. The van der Waals surface area contributed by atoms with Crippen LogP contribution in [-0.4, -0.2) is 5.78 Å². The number of benzene rings is 1. The third-order valence-corrected chi connectivity index (χ3v) is 1.90. The maximum Gasteiger partial charge on any atom is 0.166 e. The van der Waals surface area contributed by atoms with Gasteiger partial charge in [-0.2, -0.15) is 5.26 Å². The number of carbonyl (C=O) groups excluding carboxylic acids is 1. The van der Waals surface area contributed by atoms with E-state index in [9.17, 15) is 4.79 Å². The van der Waals surface area contributed by atoms with Crippen LogP contribution in [-0.2, 0) is 0 Å². The third-order valence-electron chi connectivity index (χ3n) is 1.90. The zero-order chi connectivity index (χ0) is 9.68. The first-order valence-corrected chi connectivity index (χ1v) is 4.22. The van der Waals surface area contributed by atoms with Gasteiger partial charge in [0.2, 0.25) is 0 Å². The standard InChI is InChI=1S/C11H11NO/c1-9(7-8-12)11(13)10-5-3-2-4-6-10/h2-6,9H,7H2,1H3/t9-/m1/s1. The van der Waals surface area contributed by atoms with Crippen LogP contribution in [0.5, 0.6) is 0 Å². The predicted molar refractivity (Wildman–Crippen MR) is 50.2 cm³/mol. The fourth-order valence-electron chi connectivity index (χ4n) is 1.12. The zero-order valence-corrected chi connectivity index (χ0v) is 7.53. The van der Waals surface area contributed by atoms with E-state index in [0.29, 0.717) is 5.56 Å². The molecular weight excluding hydrogens is 162 g/mol. The van der Waals surface area contributed by atoms with E-state index in [1.165, 1.54) is 0 Å². The van der Waals surface area contributed by atoms with Crippen LogP contribution in [0, 0.1) is 17.2 Å². The van der Waals surface area contributed by atoms with Gasteiger partial charge in [-0.15, -0.1) is 0 Å². The number of carbonyl (C=O) groups is 1.